The molecule has 2 N–H and O–H groups in total. The fourth-order valence-corrected chi connectivity index (χ4v) is 2.31. The van der Waals surface area contributed by atoms with Crippen molar-refractivity contribution in [2.45, 2.75) is 12.8 Å². The van der Waals surface area contributed by atoms with Crippen LogP contribution >= 0.6 is 0 Å². The van der Waals surface area contributed by atoms with Crippen molar-refractivity contribution in [2.24, 2.45) is 5.92 Å². The molecule has 0 radical (unpaired) electrons. The Morgan fingerprint density at radius 1 is 1.53 bits per heavy atom. The molecule has 1 aromatic rings. The summed E-state index contributed by atoms with van der Waals surface area (Å²) in [7, 11) is 3.48. The number of benzene rings is 1. The molecule has 17 heavy (non-hydrogen) atoms. The third-order valence-corrected chi connectivity index (χ3v) is 3.31. The summed E-state index contributed by atoms with van der Waals surface area (Å²) < 4.78 is 5.29. The van der Waals surface area contributed by atoms with Crippen molar-refractivity contribution in [1.82, 2.24) is 4.90 Å². The lowest BCUT2D eigenvalue weighted by molar-refractivity contribution is -0.129. The van der Waals surface area contributed by atoms with Gasteiger partial charge in [0.1, 0.15) is 5.75 Å². The van der Waals surface area contributed by atoms with E-state index in [-0.39, 0.29) is 11.8 Å². The molecule has 4 nitrogen and oxygen atoms in total. The second-order valence-corrected chi connectivity index (χ2v) is 4.52. The number of rotatable bonds is 3. The van der Waals surface area contributed by atoms with Gasteiger partial charge in [-0.15, -0.1) is 0 Å². The zero-order valence-corrected chi connectivity index (χ0v) is 10.3. The summed E-state index contributed by atoms with van der Waals surface area (Å²) in [5, 5.41) is 0. The number of amides is 1. The van der Waals surface area contributed by atoms with Gasteiger partial charge in [0.15, 0.2) is 0 Å². The molecule has 1 fully saturated rings. The minimum absolute atomic E-state index is 0.0655. The number of nitrogens with zero attached hydrogens (tertiary/aromatic N) is 1. The van der Waals surface area contributed by atoms with Crippen molar-refractivity contribution in [2.75, 3.05) is 26.4 Å². The summed E-state index contributed by atoms with van der Waals surface area (Å²) in [6.45, 7) is 0.841. The van der Waals surface area contributed by atoms with Crippen molar-refractivity contribution in [3.05, 3.63) is 23.8 Å². The Kier molecular flexibility index (Phi) is 3.22. The lowest BCUT2D eigenvalue weighted by Crippen LogP contribution is -2.23. The smallest absolute Gasteiger partial charge is 0.225 e. The van der Waals surface area contributed by atoms with E-state index in [1.165, 1.54) is 0 Å². The highest BCUT2D eigenvalue weighted by Crippen LogP contribution is 2.28. The average molecular weight is 234 g/mol. The maximum absolute atomic E-state index is 11.8. The van der Waals surface area contributed by atoms with Crippen LogP contribution in [-0.2, 0) is 11.2 Å². The van der Waals surface area contributed by atoms with E-state index < -0.39 is 0 Å². The molecule has 92 valence electrons. The molecule has 1 aliphatic rings. The zero-order chi connectivity index (χ0) is 12.4. The van der Waals surface area contributed by atoms with E-state index in [1.54, 1.807) is 12.0 Å². The first kappa shape index (κ1) is 11.8. The Balaban J connectivity index is 2.18. The first-order valence-corrected chi connectivity index (χ1v) is 5.79. The summed E-state index contributed by atoms with van der Waals surface area (Å²) in [4.78, 5) is 13.6. The molecule has 0 aromatic heterocycles. The maximum Gasteiger partial charge on any atom is 0.225 e. The summed E-state index contributed by atoms with van der Waals surface area (Å²) >= 11 is 0. The van der Waals surface area contributed by atoms with Crippen LogP contribution in [0.4, 0.5) is 5.69 Å². The fraction of sp³-hybridized carbons (Fsp3) is 0.462. The highest BCUT2D eigenvalue weighted by Gasteiger charge is 2.29. The van der Waals surface area contributed by atoms with Gasteiger partial charge in [-0.3, -0.25) is 4.79 Å². The zero-order valence-electron chi connectivity index (χ0n) is 10.3. The van der Waals surface area contributed by atoms with Gasteiger partial charge >= 0.3 is 0 Å². The molecule has 0 spiro atoms. The number of carbonyl (C=O) groups excluding carboxylic acids is 1. The molecule has 1 aliphatic heterocycles. The first-order valence-electron chi connectivity index (χ1n) is 5.79. The summed E-state index contributed by atoms with van der Waals surface area (Å²) in [5.41, 5.74) is 7.49. The number of hydrogen-bond acceptors (Lipinski definition) is 3. The second kappa shape index (κ2) is 4.65. The Hall–Kier alpha value is -1.71. The lowest BCUT2D eigenvalue weighted by Gasteiger charge is -2.13. The van der Waals surface area contributed by atoms with Gasteiger partial charge in [-0.2, -0.15) is 0 Å². The van der Waals surface area contributed by atoms with E-state index in [0.29, 0.717) is 12.1 Å². The third-order valence-electron chi connectivity index (χ3n) is 3.31. The Labute approximate surface area is 101 Å². The molecule has 2 rings (SSSR count). The number of nitrogen functional groups attached to an aromatic ring is 1. The molecule has 1 aromatic carbocycles. The number of nitrogens with two attached hydrogens (primary N) is 1. The highest BCUT2D eigenvalue weighted by molar-refractivity contribution is 5.81. The molecule has 0 aliphatic carbocycles. The number of hydrogen-bond donors (Lipinski definition) is 1. The van der Waals surface area contributed by atoms with Gasteiger partial charge in [0.2, 0.25) is 5.91 Å². The number of likely N-dealkylation sites (tertiary alicyclic amines) is 1. The van der Waals surface area contributed by atoms with E-state index >= 15 is 0 Å². The van der Waals surface area contributed by atoms with Gasteiger partial charge < -0.3 is 15.4 Å². The van der Waals surface area contributed by atoms with E-state index in [0.717, 1.165) is 24.3 Å². The predicted octanol–water partition coefficient (Wildman–Crippen LogP) is 1.30. The van der Waals surface area contributed by atoms with Crippen molar-refractivity contribution < 1.29 is 9.53 Å². The molecule has 0 bridgehead atoms. The van der Waals surface area contributed by atoms with Crippen LogP contribution in [0.25, 0.3) is 0 Å². The second-order valence-electron chi connectivity index (χ2n) is 4.52. The van der Waals surface area contributed by atoms with Gasteiger partial charge in [-0.25, -0.2) is 0 Å². The standard InChI is InChI=1S/C13H18N2O2/c1-15-6-5-9(13(15)16)7-10-8-11(14)3-4-12(10)17-2/h3-4,8-9H,5-7,14H2,1-2H3. The van der Waals surface area contributed by atoms with Gasteiger partial charge in [-0.1, -0.05) is 0 Å². The molecular weight excluding hydrogens is 216 g/mol. The van der Waals surface area contributed by atoms with Gasteiger partial charge in [0.25, 0.3) is 0 Å². The number of anilines is 1. The van der Waals surface area contributed by atoms with Crippen molar-refractivity contribution >= 4 is 11.6 Å². The molecule has 1 heterocycles. The third kappa shape index (κ3) is 2.35. The Morgan fingerprint density at radius 2 is 2.29 bits per heavy atom. The average Bonchev–Trinajstić information content (AvgIpc) is 2.61. The van der Waals surface area contributed by atoms with Gasteiger partial charge in [0, 0.05) is 25.2 Å². The Morgan fingerprint density at radius 3 is 2.88 bits per heavy atom. The predicted molar refractivity (Wildman–Crippen MR) is 66.9 cm³/mol. The Bertz CT molecular complexity index is 431. The molecule has 4 heteroatoms. The van der Waals surface area contributed by atoms with Crippen LogP contribution in [0.3, 0.4) is 0 Å². The monoisotopic (exact) mass is 234 g/mol. The van der Waals surface area contributed by atoms with Crippen molar-refractivity contribution in [1.29, 1.82) is 0 Å². The molecule has 0 saturated carbocycles. The molecule has 1 amide bonds. The van der Waals surface area contributed by atoms with Crippen LogP contribution in [0, 0.1) is 5.92 Å². The van der Waals surface area contributed by atoms with Crippen molar-refractivity contribution in [3.63, 3.8) is 0 Å². The van der Waals surface area contributed by atoms with E-state index in [4.69, 9.17) is 10.5 Å². The van der Waals surface area contributed by atoms with Crippen LogP contribution in [0.5, 0.6) is 5.75 Å². The van der Waals surface area contributed by atoms with Crippen LogP contribution in [0.2, 0.25) is 0 Å². The van der Waals surface area contributed by atoms with E-state index in [2.05, 4.69) is 0 Å². The normalized spacial score (nSPS) is 19.8. The summed E-state index contributed by atoms with van der Waals surface area (Å²) in [6.07, 6.45) is 1.62. The van der Waals surface area contributed by atoms with Crippen molar-refractivity contribution in [3.8, 4) is 5.75 Å². The minimum Gasteiger partial charge on any atom is -0.496 e. The number of methoxy groups -OCH3 is 1. The van der Waals surface area contributed by atoms with Crippen LogP contribution < -0.4 is 10.5 Å². The molecule has 1 saturated heterocycles. The highest BCUT2D eigenvalue weighted by atomic mass is 16.5. The van der Waals surface area contributed by atoms with Crippen LogP contribution in [0.15, 0.2) is 18.2 Å². The minimum atomic E-state index is 0.0655. The largest absolute Gasteiger partial charge is 0.496 e. The number of carbonyl (C=O) groups is 1. The van der Waals surface area contributed by atoms with E-state index in [9.17, 15) is 4.79 Å². The molecule has 1 atom stereocenters. The quantitative estimate of drug-likeness (QED) is 0.802. The van der Waals surface area contributed by atoms with Gasteiger partial charge in [0.05, 0.1) is 7.11 Å². The van der Waals surface area contributed by atoms with Gasteiger partial charge in [-0.05, 0) is 36.6 Å². The molecular formula is C13H18N2O2. The fourth-order valence-electron chi connectivity index (χ4n) is 2.31. The van der Waals surface area contributed by atoms with E-state index in [1.807, 2.05) is 25.2 Å². The number of ether oxygens (including phenoxy) is 1. The molecule has 1 unspecified atom stereocenters. The topological polar surface area (TPSA) is 55.6 Å². The summed E-state index contributed by atoms with van der Waals surface area (Å²) in [5.74, 6) is 1.09. The first-order chi connectivity index (χ1) is 8.11. The van der Waals surface area contributed by atoms with Crippen LogP contribution in [0.1, 0.15) is 12.0 Å². The summed E-state index contributed by atoms with van der Waals surface area (Å²) in [6, 6.07) is 5.56. The van der Waals surface area contributed by atoms with Crippen LogP contribution in [-0.4, -0.2) is 31.5 Å². The maximum atomic E-state index is 11.8. The lowest BCUT2D eigenvalue weighted by atomic mass is 9.97. The SMILES string of the molecule is COc1ccc(N)cc1CC1CCN(C)C1=O.